The van der Waals surface area contributed by atoms with E-state index in [0.29, 0.717) is 24.1 Å². The molecule has 1 aromatic rings. The van der Waals surface area contributed by atoms with Crippen molar-refractivity contribution >= 4 is 10.8 Å². The minimum atomic E-state index is -0.815. The van der Waals surface area contributed by atoms with Gasteiger partial charge in [0.2, 0.25) is 0 Å². The maximum atomic E-state index is 11.7. The Morgan fingerprint density at radius 2 is 2.24 bits per heavy atom. The van der Waals surface area contributed by atoms with Crippen molar-refractivity contribution in [3.8, 4) is 0 Å². The highest BCUT2D eigenvalue weighted by atomic mass is 32.2. The van der Waals surface area contributed by atoms with Crippen molar-refractivity contribution in [1.82, 2.24) is 9.78 Å². The number of aromatic nitrogens is 2. The molecule has 1 aliphatic carbocycles. The molecule has 1 unspecified atom stereocenters. The molecule has 1 aliphatic rings. The van der Waals surface area contributed by atoms with Crippen LogP contribution in [0.5, 0.6) is 0 Å². The Bertz CT molecular complexity index is 372. The molecule has 4 nitrogen and oxygen atoms in total. The molecule has 0 radical (unpaired) electrons. The largest absolute Gasteiger partial charge is 0.330 e. The molecular weight excluding hydrogens is 234 g/mol. The van der Waals surface area contributed by atoms with Crippen molar-refractivity contribution < 1.29 is 4.21 Å². The van der Waals surface area contributed by atoms with Crippen LogP contribution in [-0.2, 0) is 16.6 Å². The lowest BCUT2D eigenvalue weighted by Crippen LogP contribution is -2.09. The smallest absolute Gasteiger partial charge is 0.0749 e. The van der Waals surface area contributed by atoms with Crippen LogP contribution in [0.2, 0.25) is 0 Å². The summed E-state index contributed by atoms with van der Waals surface area (Å²) in [5, 5.41) is 4.53. The van der Waals surface area contributed by atoms with Gasteiger partial charge >= 0.3 is 0 Å². The predicted molar refractivity (Wildman–Crippen MR) is 70.1 cm³/mol. The molecule has 96 valence electrons. The Kier molecular flexibility index (Phi) is 4.74. The minimum absolute atomic E-state index is 0.569. The van der Waals surface area contributed by atoms with Crippen LogP contribution in [0.3, 0.4) is 0 Å². The van der Waals surface area contributed by atoms with Crippen LogP contribution in [0.25, 0.3) is 0 Å². The maximum absolute atomic E-state index is 11.7. The molecule has 1 fully saturated rings. The van der Waals surface area contributed by atoms with Crippen LogP contribution in [0.1, 0.15) is 43.8 Å². The van der Waals surface area contributed by atoms with Crippen LogP contribution in [0.4, 0.5) is 0 Å². The van der Waals surface area contributed by atoms with E-state index in [1.165, 1.54) is 25.7 Å². The molecule has 0 saturated heterocycles. The Morgan fingerprint density at radius 3 is 2.94 bits per heavy atom. The number of hydrogen-bond donors (Lipinski definition) is 1. The second-order valence-electron chi connectivity index (χ2n) is 4.66. The number of nitrogens with two attached hydrogens (primary N) is 1. The lowest BCUT2D eigenvalue weighted by molar-refractivity contribution is 0.464. The lowest BCUT2D eigenvalue weighted by Gasteiger charge is -2.08. The number of nitrogens with zero attached hydrogens (tertiary/aromatic N) is 2. The van der Waals surface area contributed by atoms with Gasteiger partial charge in [-0.1, -0.05) is 12.8 Å². The van der Waals surface area contributed by atoms with Crippen LogP contribution in [0, 0.1) is 0 Å². The van der Waals surface area contributed by atoms with Gasteiger partial charge in [0, 0.05) is 22.7 Å². The first kappa shape index (κ1) is 12.8. The molecule has 0 aliphatic heterocycles. The van der Waals surface area contributed by atoms with Crippen LogP contribution in [0.15, 0.2) is 12.3 Å². The SMILES string of the molecule is NCCCS(=O)Cc1ccn(C2CCCC2)n1. The summed E-state index contributed by atoms with van der Waals surface area (Å²) in [6.45, 7) is 0.613. The van der Waals surface area contributed by atoms with Gasteiger partial charge in [-0.15, -0.1) is 0 Å². The van der Waals surface area contributed by atoms with Gasteiger partial charge in [-0.2, -0.15) is 5.10 Å². The van der Waals surface area contributed by atoms with Crippen molar-refractivity contribution in [2.75, 3.05) is 12.3 Å². The normalized spacial score (nSPS) is 18.6. The summed E-state index contributed by atoms with van der Waals surface area (Å²) in [5.41, 5.74) is 6.35. The molecule has 0 bridgehead atoms. The molecule has 1 aromatic heterocycles. The summed E-state index contributed by atoms with van der Waals surface area (Å²) >= 11 is 0. The van der Waals surface area contributed by atoms with Crippen molar-refractivity contribution in [3.63, 3.8) is 0 Å². The van der Waals surface area contributed by atoms with Crippen molar-refractivity contribution in [3.05, 3.63) is 18.0 Å². The van der Waals surface area contributed by atoms with Crippen molar-refractivity contribution in [1.29, 1.82) is 0 Å². The van der Waals surface area contributed by atoms with E-state index < -0.39 is 10.8 Å². The Morgan fingerprint density at radius 1 is 1.47 bits per heavy atom. The van der Waals surface area contributed by atoms with Crippen LogP contribution in [-0.4, -0.2) is 26.3 Å². The highest BCUT2D eigenvalue weighted by Gasteiger charge is 2.17. The summed E-state index contributed by atoms with van der Waals surface area (Å²) in [6, 6.07) is 2.57. The van der Waals surface area contributed by atoms with Crippen LogP contribution >= 0.6 is 0 Å². The zero-order chi connectivity index (χ0) is 12.1. The highest BCUT2D eigenvalue weighted by molar-refractivity contribution is 7.84. The minimum Gasteiger partial charge on any atom is -0.330 e. The lowest BCUT2D eigenvalue weighted by atomic mass is 10.3. The second kappa shape index (κ2) is 6.31. The van der Waals surface area contributed by atoms with E-state index >= 15 is 0 Å². The van der Waals surface area contributed by atoms with E-state index in [9.17, 15) is 4.21 Å². The van der Waals surface area contributed by atoms with Gasteiger partial charge in [-0.25, -0.2) is 0 Å². The first-order valence-electron chi connectivity index (χ1n) is 6.38. The zero-order valence-electron chi connectivity index (χ0n) is 10.2. The predicted octanol–water partition coefficient (Wildman–Crippen LogP) is 1.60. The first-order valence-corrected chi connectivity index (χ1v) is 7.87. The summed E-state index contributed by atoms with van der Waals surface area (Å²) in [6.07, 6.45) is 7.95. The molecule has 0 spiro atoms. The maximum Gasteiger partial charge on any atom is 0.0749 e. The second-order valence-corrected chi connectivity index (χ2v) is 6.23. The molecule has 0 amide bonds. The molecule has 1 saturated carbocycles. The number of hydrogen-bond acceptors (Lipinski definition) is 3. The molecular formula is C12H21N3OS. The fourth-order valence-electron chi connectivity index (χ4n) is 2.31. The molecule has 17 heavy (non-hydrogen) atoms. The molecule has 5 heteroatoms. The van der Waals surface area contributed by atoms with Crippen molar-refractivity contribution in [2.24, 2.45) is 5.73 Å². The third-order valence-electron chi connectivity index (χ3n) is 3.25. The van der Waals surface area contributed by atoms with E-state index in [2.05, 4.69) is 9.78 Å². The summed E-state index contributed by atoms with van der Waals surface area (Å²) in [5.74, 6) is 1.26. The highest BCUT2D eigenvalue weighted by Crippen LogP contribution is 2.28. The quantitative estimate of drug-likeness (QED) is 0.840. The summed E-state index contributed by atoms with van der Waals surface area (Å²) < 4.78 is 13.8. The average molecular weight is 255 g/mol. The average Bonchev–Trinajstić information content (AvgIpc) is 2.95. The van der Waals surface area contributed by atoms with Gasteiger partial charge < -0.3 is 5.73 Å². The van der Waals surface area contributed by atoms with Gasteiger partial charge in [0.25, 0.3) is 0 Å². The first-order chi connectivity index (χ1) is 8.29. The fourth-order valence-corrected chi connectivity index (χ4v) is 3.42. The third-order valence-corrected chi connectivity index (χ3v) is 4.61. The molecule has 0 aromatic carbocycles. The van der Waals surface area contributed by atoms with E-state index in [4.69, 9.17) is 5.73 Å². The fraction of sp³-hybridized carbons (Fsp3) is 0.750. The molecule has 1 atom stereocenters. The Balaban J connectivity index is 1.87. The topological polar surface area (TPSA) is 60.9 Å². The standard InChI is InChI=1S/C12H21N3OS/c13-7-3-9-17(16)10-11-6-8-15(14-11)12-4-1-2-5-12/h6,8,12H,1-5,7,9-10,13H2. The summed E-state index contributed by atoms with van der Waals surface area (Å²) in [7, 11) is -0.815. The van der Waals surface area contributed by atoms with E-state index in [1.807, 2.05) is 12.3 Å². The molecule has 2 rings (SSSR count). The number of rotatable bonds is 6. The van der Waals surface area contributed by atoms with E-state index in [1.54, 1.807) is 0 Å². The Labute approximate surface area is 105 Å². The van der Waals surface area contributed by atoms with Crippen molar-refractivity contribution in [2.45, 2.75) is 43.9 Å². The van der Waals surface area contributed by atoms with Gasteiger partial charge in [0.1, 0.15) is 0 Å². The van der Waals surface area contributed by atoms with Gasteiger partial charge in [-0.3, -0.25) is 8.89 Å². The monoisotopic (exact) mass is 255 g/mol. The zero-order valence-corrected chi connectivity index (χ0v) is 11.0. The summed E-state index contributed by atoms with van der Waals surface area (Å²) in [4.78, 5) is 0. The van der Waals surface area contributed by atoms with Gasteiger partial charge in [0.05, 0.1) is 17.5 Å². The van der Waals surface area contributed by atoms with E-state index in [-0.39, 0.29) is 0 Å². The van der Waals surface area contributed by atoms with Gasteiger partial charge in [-0.05, 0) is 31.9 Å². The third kappa shape index (κ3) is 3.64. The van der Waals surface area contributed by atoms with E-state index in [0.717, 1.165) is 12.1 Å². The van der Waals surface area contributed by atoms with Gasteiger partial charge in [0.15, 0.2) is 0 Å². The van der Waals surface area contributed by atoms with Crippen LogP contribution < -0.4 is 5.73 Å². The molecule has 1 heterocycles. The molecule has 2 N–H and O–H groups in total. The Hall–Kier alpha value is -0.680.